The molecule has 0 aliphatic rings. The predicted octanol–water partition coefficient (Wildman–Crippen LogP) is -3.59. The molecule has 0 aliphatic carbocycles. The van der Waals surface area contributed by atoms with Gasteiger partial charge in [0.15, 0.2) is 0 Å². The molecule has 0 heterocycles. The monoisotopic (exact) mass is 149 g/mol. The molecule has 0 aromatic rings. The molecule has 0 aromatic carbocycles. The topological polar surface area (TPSA) is 60.2 Å². The van der Waals surface area contributed by atoms with Crippen molar-refractivity contribution in [2.45, 2.75) is 6.92 Å². The van der Waals surface area contributed by atoms with Crippen molar-refractivity contribution in [2.75, 3.05) is 5.75 Å². The van der Waals surface area contributed by atoms with E-state index in [1.54, 1.807) is 0 Å². The Bertz CT molecular complexity index is 122. The molecule has 0 bridgehead atoms. The molecule has 0 fully saturated rings. The molecule has 40 valence electrons. The molecule has 0 aromatic heterocycles. The van der Waals surface area contributed by atoms with E-state index in [9.17, 15) is 8.42 Å². The van der Waals surface area contributed by atoms with Gasteiger partial charge >= 0.3 is 51.4 Å². The molecule has 0 saturated carbocycles. The minimum atomic E-state index is -3.16. The van der Waals surface area contributed by atoms with Gasteiger partial charge in [-0.2, -0.15) is 0 Å². The molecule has 0 saturated heterocycles. The van der Waals surface area contributed by atoms with Crippen molar-refractivity contribution < 1.29 is 61.2 Å². The van der Waals surface area contributed by atoms with Crippen LogP contribution in [0.25, 0.3) is 0 Å². The zero-order chi connectivity index (χ0) is 5.21. The van der Waals surface area contributed by atoms with Crippen LogP contribution < -0.4 is 56.5 Å². The Morgan fingerprint density at radius 3 is 1.86 bits per heavy atom. The summed E-state index contributed by atoms with van der Waals surface area (Å²) >= 11 is 0. The zero-order valence-corrected chi connectivity index (χ0v) is 8.45. The van der Waals surface area contributed by atoms with Gasteiger partial charge in [-0.25, -0.2) is 13.6 Å². The number of sulfonamides is 1. The van der Waals surface area contributed by atoms with E-state index >= 15 is 0 Å². The maximum Gasteiger partial charge on any atom is 1.00 e. The van der Waals surface area contributed by atoms with Gasteiger partial charge in [0.2, 0.25) is 10.0 Å². The Hall–Kier alpha value is 1.55. The third-order valence-electron chi connectivity index (χ3n) is 0.402. The molecule has 0 radical (unpaired) electrons. The summed E-state index contributed by atoms with van der Waals surface area (Å²) in [7, 11) is -3.16. The Morgan fingerprint density at radius 1 is 1.71 bits per heavy atom. The van der Waals surface area contributed by atoms with Crippen LogP contribution in [0.2, 0.25) is 0 Å². The van der Waals surface area contributed by atoms with Crippen molar-refractivity contribution in [2.24, 2.45) is 5.14 Å². The van der Waals surface area contributed by atoms with Gasteiger partial charge in [-0.05, 0) is 6.92 Å². The van der Waals surface area contributed by atoms with E-state index in [1.165, 1.54) is 6.92 Å². The molecule has 0 unspecified atom stereocenters. The molecule has 2 N–H and O–H groups in total. The predicted molar refractivity (Wildman–Crippen MR) is 24.8 cm³/mol. The van der Waals surface area contributed by atoms with Crippen LogP contribution in [0.5, 0.6) is 0 Å². The average Bonchev–Trinajstić information content (AvgIpc) is 1.35. The van der Waals surface area contributed by atoms with Gasteiger partial charge in [0, 0.05) is 0 Å². The van der Waals surface area contributed by atoms with E-state index in [0.717, 1.165) is 0 Å². The van der Waals surface area contributed by atoms with Crippen LogP contribution >= 0.6 is 0 Å². The fourth-order valence-corrected chi connectivity index (χ4v) is 0. The number of nitrogens with two attached hydrogens (primary N) is 1. The van der Waals surface area contributed by atoms with E-state index in [0.29, 0.717) is 0 Å². The van der Waals surface area contributed by atoms with Gasteiger partial charge in [-0.1, -0.05) is 0 Å². The van der Waals surface area contributed by atoms with Gasteiger partial charge in [-0.3, -0.25) is 0 Å². The van der Waals surface area contributed by atoms with Crippen LogP contribution in [-0.4, -0.2) is 14.2 Å². The molecule has 0 rings (SSSR count). The second-order valence-corrected chi connectivity index (χ2v) is 2.85. The molecular formula is C2H8KNO2S. The first-order chi connectivity index (χ1) is 2.56. The van der Waals surface area contributed by atoms with E-state index in [1.807, 2.05) is 0 Å². The van der Waals surface area contributed by atoms with Gasteiger partial charge in [0.05, 0.1) is 5.75 Å². The minimum absolute atomic E-state index is 0. The van der Waals surface area contributed by atoms with Crippen LogP contribution in [0.15, 0.2) is 0 Å². The standard InChI is InChI=1S/C2H7NO2S.K.H/c1-2-6(3,4)5;;/h2H2,1H3,(H2,3,4,5);;/q;+1;-1. The Kier molecular flexibility index (Phi) is 7.18. The number of hydrogen-bond acceptors (Lipinski definition) is 2. The van der Waals surface area contributed by atoms with Crippen molar-refractivity contribution in [1.82, 2.24) is 0 Å². The second kappa shape index (κ2) is 4.43. The van der Waals surface area contributed by atoms with Gasteiger partial charge in [-0.15, -0.1) is 0 Å². The number of rotatable bonds is 1. The molecule has 0 spiro atoms. The third-order valence-corrected chi connectivity index (χ3v) is 1.21. The summed E-state index contributed by atoms with van der Waals surface area (Å²) in [5.74, 6) is 0.0208. The first-order valence-corrected chi connectivity index (χ1v) is 3.28. The van der Waals surface area contributed by atoms with Crippen molar-refractivity contribution >= 4 is 10.0 Å². The average molecular weight is 149 g/mol. The Morgan fingerprint density at radius 2 is 1.86 bits per heavy atom. The summed E-state index contributed by atoms with van der Waals surface area (Å²) in [6, 6.07) is 0. The maximum atomic E-state index is 9.78. The normalized spacial score (nSPS) is 10.0. The van der Waals surface area contributed by atoms with Crippen molar-refractivity contribution in [1.29, 1.82) is 0 Å². The summed E-state index contributed by atoms with van der Waals surface area (Å²) < 4.78 is 19.6. The maximum absolute atomic E-state index is 9.78. The molecule has 0 atom stereocenters. The van der Waals surface area contributed by atoms with Crippen molar-refractivity contribution in [3.63, 3.8) is 0 Å². The van der Waals surface area contributed by atoms with Crippen LogP contribution in [0.3, 0.4) is 0 Å². The summed E-state index contributed by atoms with van der Waals surface area (Å²) in [5, 5.41) is 4.51. The Labute approximate surface area is 87.6 Å². The molecule has 0 aliphatic heterocycles. The zero-order valence-electron chi connectivity index (χ0n) is 5.51. The summed E-state index contributed by atoms with van der Waals surface area (Å²) in [4.78, 5) is 0. The van der Waals surface area contributed by atoms with Crippen molar-refractivity contribution in [3.05, 3.63) is 0 Å². The quantitative estimate of drug-likeness (QED) is 0.392. The SMILES string of the molecule is CCS(N)(=O)=O.[H-].[K+]. The number of hydrogen-bond donors (Lipinski definition) is 1. The largest absolute Gasteiger partial charge is 1.00 e. The number of primary sulfonamides is 1. The van der Waals surface area contributed by atoms with Gasteiger partial charge in [0.1, 0.15) is 0 Å². The molecule has 5 heteroatoms. The van der Waals surface area contributed by atoms with Gasteiger partial charge < -0.3 is 1.43 Å². The first-order valence-electron chi connectivity index (χ1n) is 1.56. The third kappa shape index (κ3) is 11.2. The summed E-state index contributed by atoms with van der Waals surface area (Å²) in [6.45, 7) is 1.50. The van der Waals surface area contributed by atoms with Crippen LogP contribution in [0.1, 0.15) is 8.35 Å². The van der Waals surface area contributed by atoms with Gasteiger partial charge in [0.25, 0.3) is 0 Å². The fourth-order valence-electron chi connectivity index (χ4n) is 0. The summed E-state index contributed by atoms with van der Waals surface area (Å²) in [6.07, 6.45) is 0. The molecular weight excluding hydrogens is 141 g/mol. The molecule has 7 heavy (non-hydrogen) atoms. The summed E-state index contributed by atoms with van der Waals surface area (Å²) in [5.41, 5.74) is 0. The van der Waals surface area contributed by atoms with E-state index in [4.69, 9.17) is 0 Å². The van der Waals surface area contributed by atoms with Crippen molar-refractivity contribution in [3.8, 4) is 0 Å². The van der Waals surface area contributed by atoms with Crippen LogP contribution in [0, 0.1) is 0 Å². The smallest absolute Gasteiger partial charge is 1.00 e. The van der Waals surface area contributed by atoms with Crippen LogP contribution in [-0.2, 0) is 10.0 Å². The van der Waals surface area contributed by atoms with E-state index in [-0.39, 0.29) is 58.6 Å². The molecule has 0 amide bonds. The van der Waals surface area contributed by atoms with E-state index in [2.05, 4.69) is 5.14 Å². The van der Waals surface area contributed by atoms with E-state index < -0.39 is 10.0 Å². The molecule has 3 nitrogen and oxygen atoms in total. The Balaban J connectivity index is -0.000000125. The van der Waals surface area contributed by atoms with Crippen LogP contribution in [0.4, 0.5) is 0 Å². The first kappa shape index (κ1) is 11.4. The second-order valence-electron chi connectivity index (χ2n) is 0.952. The minimum Gasteiger partial charge on any atom is -1.00 e. The fraction of sp³-hybridized carbons (Fsp3) is 1.00.